The summed E-state index contributed by atoms with van der Waals surface area (Å²) in [6.45, 7) is 0. The first kappa shape index (κ1) is 8.74. The second-order valence-corrected chi connectivity index (χ2v) is 5.01. The second-order valence-electron chi connectivity index (χ2n) is 2.61. The molecule has 0 saturated carbocycles. The van der Waals surface area contributed by atoms with Gasteiger partial charge in [-0.25, -0.2) is 0 Å². The average molecular weight is 380 g/mol. The molecule has 0 saturated heterocycles. The zero-order valence-electron chi connectivity index (χ0n) is 6.22. The lowest BCUT2D eigenvalue weighted by Crippen LogP contribution is -1.77. The molecule has 0 atom stereocenters. The van der Waals surface area contributed by atoms with E-state index in [9.17, 15) is 0 Å². The van der Waals surface area contributed by atoms with Gasteiger partial charge in [0.15, 0.2) is 0 Å². The summed E-state index contributed by atoms with van der Waals surface area (Å²) < 4.78 is 2.61. The van der Waals surface area contributed by atoms with E-state index >= 15 is 0 Å². The van der Waals surface area contributed by atoms with Gasteiger partial charge in [0.2, 0.25) is 0 Å². The van der Waals surface area contributed by atoms with Gasteiger partial charge in [-0.15, -0.1) is 0 Å². The van der Waals surface area contributed by atoms with E-state index in [0.29, 0.717) is 0 Å². The molecule has 0 radical (unpaired) electrons. The first-order valence-corrected chi connectivity index (χ1v) is 5.77. The van der Waals surface area contributed by atoms with E-state index in [-0.39, 0.29) is 0 Å². The molecule has 0 nitrogen and oxygen atoms in total. The van der Waals surface area contributed by atoms with Gasteiger partial charge in [0.25, 0.3) is 0 Å². The Morgan fingerprint density at radius 2 is 1.75 bits per heavy atom. The summed E-state index contributed by atoms with van der Waals surface area (Å²) >= 11 is 4.70. The highest BCUT2D eigenvalue weighted by molar-refractivity contribution is 14.1. The third-order valence-electron chi connectivity index (χ3n) is 1.79. The average Bonchev–Trinajstić information content (AvgIpc) is 2.04. The smallest absolute Gasteiger partial charge is 0.0208 e. The van der Waals surface area contributed by atoms with Gasteiger partial charge in [0.1, 0.15) is 0 Å². The first-order chi connectivity index (χ1) is 5.77. The van der Waals surface area contributed by atoms with Crippen LogP contribution < -0.4 is 0 Å². The van der Waals surface area contributed by atoms with E-state index in [1.807, 2.05) is 0 Å². The Bertz CT molecular complexity index is 421. The van der Waals surface area contributed by atoms with E-state index in [4.69, 9.17) is 0 Å². The third kappa shape index (κ3) is 1.59. The molecule has 12 heavy (non-hydrogen) atoms. The van der Waals surface area contributed by atoms with Crippen LogP contribution in [0.25, 0.3) is 10.8 Å². The molecule has 0 unspecified atom stereocenters. The molecule has 0 spiro atoms. The van der Waals surface area contributed by atoms with Crippen LogP contribution in [0.15, 0.2) is 36.4 Å². The minimum Gasteiger partial charge on any atom is -0.0606 e. The summed E-state index contributed by atoms with van der Waals surface area (Å²) in [7, 11) is 0. The predicted octanol–water partition coefficient (Wildman–Crippen LogP) is 4.05. The Hall–Kier alpha value is 0.160. The van der Waals surface area contributed by atoms with Crippen molar-refractivity contribution in [3.63, 3.8) is 0 Å². The SMILES string of the molecule is Ic1ccc2c(I)cccc2c1. The van der Waals surface area contributed by atoms with Crippen LogP contribution in [0, 0.1) is 7.14 Å². The van der Waals surface area contributed by atoms with E-state index in [0.717, 1.165) is 0 Å². The summed E-state index contributed by atoms with van der Waals surface area (Å²) in [5, 5.41) is 2.67. The molecule has 0 aliphatic carbocycles. The van der Waals surface area contributed by atoms with Gasteiger partial charge < -0.3 is 0 Å². The minimum absolute atomic E-state index is 1.29. The number of rotatable bonds is 0. The third-order valence-corrected chi connectivity index (χ3v) is 3.40. The molecule has 0 aliphatic rings. The molecule has 0 heterocycles. The summed E-state index contributed by atoms with van der Waals surface area (Å²) in [5.41, 5.74) is 0. The highest BCUT2D eigenvalue weighted by atomic mass is 127. The Labute approximate surface area is 98.6 Å². The molecule has 60 valence electrons. The van der Waals surface area contributed by atoms with Crippen molar-refractivity contribution >= 4 is 56.0 Å². The monoisotopic (exact) mass is 380 g/mol. The van der Waals surface area contributed by atoms with E-state index in [1.54, 1.807) is 0 Å². The molecule has 0 aromatic heterocycles. The van der Waals surface area contributed by atoms with Gasteiger partial charge in [-0.2, -0.15) is 0 Å². The topological polar surface area (TPSA) is 0 Å². The Morgan fingerprint density at radius 3 is 2.58 bits per heavy atom. The zero-order valence-corrected chi connectivity index (χ0v) is 10.5. The Kier molecular flexibility index (Phi) is 2.55. The lowest BCUT2D eigenvalue weighted by atomic mass is 10.1. The maximum atomic E-state index is 2.37. The van der Waals surface area contributed by atoms with Crippen molar-refractivity contribution in [3.8, 4) is 0 Å². The summed E-state index contributed by atoms with van der Waals surface area (Å²) in [6, 6.07) is 12.9. The predicted molar refractivity (Wildman–Crippen MR) is 69.4 cm³/mol. The zero-order chi connectivity index (χ0) is 8.55. The van der Waals surface area contributed by atoms with Crippen LogP contribution in [0.5, 0.6) is 0 Å². The van der Waals surface area contributed by atoms with Gasteiger partial charge >= 0.3 is 0 Å². The van der Waals surface area contributed by atoms with Gasteiger partial charge in [0.05, 0.1) is 0 Å². The first-order valence-electron chi connectivity index (χ1n) is 3.61. The molecule has 0 bridgehead atoms. The van der Waals surface area contributed by atoms with Crippen molar-refractivity contribution in [3.05, 3.63) is 43.5 Å². The highest BCUT2D eigenvalue weighted by Crippen LogP contribution is 2.22. The molecule has 0 aliphatic heterocycles. The lowest BCUT2D eigenvalue weighted by molar-refractivity contribution is 1.67. The van der Waals surface area contributed by atoms with Crippen molar-refractivity contribution in [2.24, 2.45) is 0 Å². The maximum Gasteiger partial charge on any atom is 0.0208 e. The number of benzene rings is 2. The molecular weight excluding hydrogens is 374 g/mol. The molecular formula is C10H6I2. The summed E-state index contributed by atoms with van der Waals surface area (Å²) in [4.78, 5) is 0. The van der Waals surface area contributed by atoms with E-state index in [2.05, 4.69) is 81.6 Å². The fourth-order valence-electron chi connectivity index (χ4n) is 1.22. The number of hydrogen-bond donors (Lipinski definition) is 0. The number of hydrogen-bond acceptors (Lipinski definition) is 0. The van der Waals surface area contributed by atoms with Crippen molar-refractivity contribution < 1.29 is 0 Å². The van der Waals surface area contributed by atoms with E-state index in [1.165, 1.54) is 17.9 Å². The summed E-state index contributed by atoms with van der Waals surface area (Å²) in [5.74, 6) is 0. The molecule has 2 heteroatoms. The largest absolute Gasteiger partial charge is 0.0606 e. The fourth-order valence-corrected chi connectivity index (χ4v) is 2.43. The molecule has 0 amide bonds. The van der Waals surface area contributed by atoms with Crippen LogP contribution in [0.2, 0.25) is 0 Å². The van der Waals surface area contributed by atoms with Crippen LogP contribution in [-0.4, -0.2) is 0 Å². The molecule has 2 aromatic carbocycles. The highest BCUT2D eigenvalue weighted by Gasteiger charge is 1.96. The Morgan fingerprint density at radius 1 is 0.917 bits per heavy atom. The van der Waals surface area contributed by atoms with E-state index < -0.39 is 0 Å². The molecule has 2 rings (SSSR count). The molecule has 0 fully saturated rings. The van der Waals surface area contributed by atoms with Gasteiger partial charge in [-0.1, -0.05) is 18.2 Å². The Balaban J connectivity index is 2.86. The maximum absolute atomic E-state index is 2.37. The van der Waals surface area contributed by atoms with Crippen LogP contribution in [0.3, 0.4) is 0 Å². The standard InChI is InChI=1S/C10H6I2/c11-8-4-5-9-7(6-8)2-1-3-10(9)12/h1-6H. The van der Waals surface area contributed by atoms with Gasteiger partial charge in [-0.3, -0.25) is 0 Å². The number of halogens is 2. The van der Waals surface area contributed by atoms with Crippen molar-refractivity contribution in [1.29, 1.82) is 0 Å². The van der Waals surface area contributed by atoms with Gasteiger partial charge in [-0.05, 0) is 74.2 Å². The van der Waals surface area contributed by atoms with Crippen LogP contribution >= 0.6 is 45.2 Å². The normalized spacial score (nSPS) is 10.5. The van der Waals surface area contributed by atoms with Crippen LogP contribution in [0.4, 0.5) is 0 Å². The van der Waals surface area contributed by atoms with Crippen LogP contribution in [0.1, 0.15) is 0 Å². The lowest BCUT2D eigenvalue weighted by Gasteiger charge is -1.99. The van der Waals surface area contributed by atoms with Crippen molar-refractivity contribution in [2.75, 3.05) is 0 Å². The summed E-state index contributed by atoms with van der Waals surface area (Å²) in [6.07, 6.45) is 0. The molecule has 0 N–H and O–H groups in total. The van der Waals surface area contributed by atoms with Crippen molar-refractivity contribution in [1.82, 2.24) is 0 Å². The second kappa shape index (κ2) is 3.49. The van der Waals surface area contributed by atoms with Crippen molar-refractivity contribution in [2.45, 2.75) is 0 Å². The van der Waals surface area contributed by atoms with Crippen LogP contribution in [-0.2, 0) is 0 Å². The quantitative estimate of drug-likeness (QED) is 0.606. The minimum atomic E-state index is 1.29. The number of fused-ring (bicyclic) bond motifs is 1. The molecule has 2 aromatic rings. The fraction of sp³-hybridized carbons (Fsp3) is 0. The van der Waals surface area contributed by atoms with Gasteiger partial charge in [0, 0.05) is 7.14 Å².